The van der Waals surface area contributed by atoms with Gasteiger partial charge >= 0.3 is 0 Å². The zero-order valence-corrected chi connectivity index (χ0v) is 23.5. The predicted molar refractivity (Wildman–Crippen MR) is 176 cm³/mol. The smallest absolute Gasteiger partial charge is 0.0130 e. The molecule has 7 rings (SSSR count). The third kappa shape index (κ3) is 4.75. The zero-order valence-electron chi connectivity index (χ0n) is 21.3. The molecular weight excluding hydrogens is 583 g/mol. The molecule has 0 saturated carbocycles. The van der Waals surface area contributed by atoms with E-state index in [0.717, 1.165) is 0 Å². The Labute approximate surface area is 242 Å². The Morgan fingerprint density at radius 3 is 1.38 bits per heavy atom. The summed E-state index contributed by atoms with van der Waals surface area (Å²) in [6.45, 7) is 0. The Hall–Kier alpha value is -4.21. The third-order valence-electron chi connectivity index (χ3n) is 7.55. The zero-order chi connectivity index (χ0) is 26.2. The van der Waals surface area contributed by atoms with Crippen molar-refractivity contribution >= 4 is 44.1 Å². The van der Waals surface area contributed by atoms with Gasteiger partial charge in [0, 0.05) is 3.57 Å². The average Bonchev–Trinajstić information content (AvgIpc) is 3.01. The number of rotatable bonds is 4. The molecule has 0 saturated heterocycles. The molecule has 0 spiro atoms. The summed E-state index contributed by atoms with van der Waals surface area (Å²) in [4.78, 5) is 0. The van der Waals surface area contributed by atoms with E-state index in [1.807, 2.05) is 0 Å². The fourth-order valence-electron chi connectivity index (χ4n) is 5.42. The predicted octanol–water partition coefficient (Wildman–Crippen LogP) is 11.3. The molecule has 0 bridgehead atoms. The van der Waals surface area contributed by atoms with Crippen molar-refractivity contribution in [2.24, 2.45) is 0 Å². The van der Waals surface area contributed by atoms with Gasteiger partial charge in [-0.3, -0.25) is 0 Å². The molecule has 7 aromatic rings. The summed E-state index contributed by atoms with van der Waals surface area (Å²) < 4.78 is 1.25. The normalized spacial score (nSPS) is 11.2. The molecule has 1 heteroatoms. The van der Waals surface area contributed by atoms with Crippen molar-refractivity contribution in [2.75, 3.05) is 0 Å². The van der Waals surface area contributed by atoms with Crippen molar-refractivity contribution in [3.8, 4) is 44.5 Å². The molecule has 0 radical (unpaired) electrons. The summed E-state index contributed by atoms with van der Waals surface area (Å²) in [5.74, 6) is 0. The van der Waals surface area contributed by atoms with Gasteiger partial charge in [-0.25, -0.2) is 0 Å². The van der Waals surface area contributed by atoms with E-state index in [2.05, 4.69) is 174 Å². The number of benzene rings is 7. The van der Waals surface area contributed by atoms with Crippen LogP contribution < -0.4 is 0 Å². The number of halogens is 1. The van der Waals surface area contributed by atoms with E-state index in [1.165, 1.54) is 69.6 Å². The monoisotopic (exact) mass is 608 g/mol. The fraction of sp³-hybridized carbons (Fsp3) is 0. The highest BCUT2D eigenvalue weighted by molar-refractivity contribution is 14.1. The lowest BCUT2D eigenvalue weighted by Crippen LogP contribution is -1.84. The molecule has 0 unspecified atom stereocenters. The molecular formula is C38H25I. The van der Waals surface area contributed by atoms with Crippen LogP contribution in [0.5, 0.6) is 0 Å². The Morgan fingerprint density at radius 2 is 0.769 bits per heavy atom. The van der Waals surface area contributed by atoms with Crippen LogP contribution in [-0.2, 0) is 0 Å². The Kier molecular flexibility index (Phi) is 6.22. The summed E-state index contributed by atoms with van der Waals surface area (Å²) in [5.41, 5.74) is 9.94. The molecule has 0 aromatic heterocycles. The first-order valence-electron chi connectivity index (χ1n) is 13.2. The maximum Gasteiger partial charge on any atom is 0.0130 e. The molecule has 0 atom stereocenters. The Balaban J connectivity index is 1.19. The molecule has 0 fully saturated rings. The van der Waals surface area contributed by atoms with Crippen LogP contribution in [0.2, 0.25) is 0 Å². The van der Waals surface area contributed by atoms with Crippen molar-refractivity contribution in [1.82, 2.24) is 0 Å². The van der Waals surface area contributed by atoms with Crippen molar-refractivity contribution < 1.29 is 0 Å². The van der Waals surface area contributed by atoms with Crippen LogP contribution in [0.4, 0.5) is 0 Å². The van der Waals surface area contributed by atoms with Crippen LogP contribution >= 0.6 is 22.6 Å². The highest BCUT2D eigenvalue weighted by Gasteiger charge is 2.07. The quantitative estimate of drug-likeness (QED) is 0.174. The van der Waals surface area contributed by atoms with Gasteiger partial charge in [0.1, 0.15) is 0 Å². The molecule has 0 aliphatic rings. The lowest BCUT2D eigenvalue weighted by atomic mass is 9.94. The molecule has 0 aliphatic heterocycles. The number of hydrogen-bond donors (Lipinski definition) is 0. The van der Waals surface area contributed by atoms with Crippen molar-refractivity contribution in [1.29, 1.82) is 0 Å². The van der Waals surface area contributed by atoms with Crippen LogP contribution in [0.3, 0.4) is 0 Å². The SMILES string of the molecule is Ic1ccc(-c2ccc(-c3ccc4ccc(-c5ccc(-c6cccc7ccccc67)cc5)cc4c3)cc2)cc1. The minimum Gasteiger partial charge on any atom is -0.0616 e. The maximum atomic E-state index is 2.35. The lowest BCUT2D eigenvalue weighted by molar-refractivity contribution is 1.58. The molecule has 0 N–H and O–H groups in total. The van der Waals surface area contributed by atoms with E-state index < -0.39 is 0 Å². The van der Waals surface area contributed by atoms with Gasteiger partial charge in [0.05, 0.1) is 0 Å². The second-order valence-corrected chi connectivity index (χ2v) is 11.2. The second-order valence-electron chi connectivity index (χ2n) is 9.97. The van der Waals surface area contributed by atoms with Crippen LogP contribution in [0, 0.1) is 3.57 Å². The Morgan fingerprint density at radius 1 is 0.308 bits per heavy atom. The van der Waals surface area contributed by atoms with Gasteiger partial charge in [0.2, 0.25) is 0 Å². The van der Waals surface area contributed by atoms with Crippen LogP contribution in [0.15, 0.2) is 152 Å². The molecule has 0 amide bonds. The van der Waals surface area contributed by atoms with Crippen molar-refractivity contribution in [2.45, 2.75) is 0 Å². The number of hydrogen-bond acceptors (Lipinski definition) is 0. The second kappa shape index (κ2) is 10.2. The van der Waals surface area contributed by atoms with Gasteiger partial charge in [-0.2, -0.15) is 0 Å². The molecule has 0 aliphatic carbocycles. The topological polar surface area (TPSA) is 0 Å². The summed E-state index contributed by atoms with van der Waals surface area (Å²) in [7, 11) is 0. The van der Waals surface area contributed by atoms with Gasteiger partial charge in [-0.1, -0.05) is 127 Å². The van der Waals surface area contributed by atoms with E-state index in [1.54, 1.807) is 0 Å². The standard InChI is InChI=1S/C38H25I/c39-36-22-20-27(21-23-36)26-8-10-28(11-9-26)33-18-14-30-15-19-34(25-35(30)24-33)29-12-16-32(17-13-29)38-7-3-5-31-4-1-2-6-37(31)38/h1-25H. The minimum absolute atomic E-state index is 1.23. The van der Waals surface area contributed by atoms with Crippen LogP contribution in [0.1, 0.15) is 0 Å². The largest absolute Gasteiger partial charge is 0.0616 e. The van der Waals surface area contributed by atoms with E-state index in [-0.39, 0.29) is 0 Å². The first-order valence-corrected chi connectivity index (χ1v) is 14.3. The van der Waals surface area contributed by atoms with Gasteiger partial charge in [-0.15, -0.1) is 0 Å². The lowest BCUT2D eigenvalue weighted by Gasteiger charge is -2.10. The summed E-state index contributed by atoms with van der Waals surface area (Å²) in [6, 6.07) is 55.2. The first-order chi connectivity index (χ1) is 19.2. The minimum atomic E-state index is 1.23. The average molecular weight is 609 g/mol. The maximum absolute atomic E-state index is 2.35. The van der Waals surface area contributed by atoms with Gasteiger partial charge in [0.15, 0.2) is 0 Å². The first kappa shape index (κ1) is 23.9. The molecule has 7 aromatic carbocycles. The van der Waals surface area contributed by atoms with E-state index >= 15 is 0 Å². The molecule has 0 nitrogen and oxygen atoms in total. The van der Waals surface area contributed by atoms with E-state index in [9.17, 15) is 0 Å². The van der Waals surface area contributed by atoms with Gasteiger partial charge in [-0.05, 0) is 113 Å². The number of fused-ring (bicyclic) bond motifs is 2. The summed E-state index contributed by atoms with van der Waals surface area (Å²) >= 11 is 2.35. The van der Waals surface area contributed by atoms with E-state index in [4.69, 9.17) is 0 Å². The van der Waals surface area contributed by atoms with Crippen molar-refractivity contribution in [3.63, 3.8) is 0 Å². The summed E-state index contributed by atoms with van der Waals surface area (Å²) in [6.07, 6.45) is 0. The summed E-state index contributed by atoms with van der Waals surface area (Å²) in [5, 5.41) is 5.07. The van der Waals surface area contributed by atoms with Crippen LogP contribution in [-0.4, -0.2) is 0 Å². The van der Waals surface area contributed by atoms with E-state index in [0.29, 0.717) is 0 Å². The third-order valence-corrected chi connectivity index (χ3v) is 8.27. The fourth-order valence-corrected chi connectivity index (χ4v) is 5.78. The van der Waals surface area contributed by atoms with Crippen LogP contribution in [0.25, 0.3) is 66.1 Å². The highest BCUT2D eigenvalue weighted by Crippen LogP contribution is 2.33. The molecule has 39 heavy (non-hydrogen) atoms. The van der Waals surface area contributed by atoms with Crippen molar-refractivity contribution in [3.05, 3.63) is 155 Å². The highest BCUT2D eigenvalue weighted by atomic mass is 127. The van der Waals surface area contributed by atoms with Gasteiger partial charge < -0.3 is 0 Å². The molecule has 184 valence electrons. The van der Waals surface area contributed by atoms with Gasteiger partial charge in [0.25, 0.3) is 0 Å². The Bertz CT molecular complexity index is 1920. The molecule has 0 heterocycles.